The van der Waals surface area contributed by atoms with E-state index in [1.54, 1.807) is 0 Å². The quantitative estimate of drug-likeness (QED) is 0.803. The number of benzene rings is 2. The van der Waals surface area contributed by atoms with E-state index in [0.29, 0.717) is 11.8 Å². The summed E-state index contributed by atoms with van der Waals surface area (Å²) in [6.07, 6.45) is 0.631. The molecule has 5 heteroatoms. The molecule has 3 nitrogen and oxygen atoms in total. The molecule has 2 bridgehead atoms. The summed E-state index contributed by atoms with van der Waals surface area (Å²) >= 11 is 0. The van der Waals surface area contributed by atoms with E-state index >= 15 is 0 Å². The van der Waals surface area contributed by atoms with Crippen molar-refractivity contribution in [1.82, 2.24) is 0 Å². The molecule has 0 spiro atoms. The normalized spacial score (nSPS) is 11.3. The van der Waals surface area contributed by atoms with Crippen molar-refractivity contribution in [2.75, 3.05) is 0 Å². The van der Waals surface area contributed by atoms with Crippen molar-refractivity contribution in [2.24, 2.45) is 0 Å². The van der Waals surface area contributed by atoms with E-state index < -0.39 is 6.61 Å². The summed E-state index contributed by atoms with van der Waals surface area (Å²) in [7, 11) is 0. The zero-order valence-electron chi connectivity index (χ0n) is 10.5. The molecular weight excluding hydrogens is 266 g/mol. The van der Waals surface area contributed by atoms with Crippen LogP contribution in [0, 0.1) is 0 Å². The van der Waals surface area contributed by atoms with Crippen molar-refractivity contribution in [1.29, 1.82) is 0 Å². The van der Waals surface area contributed by atoms with Gasteiger partial charge in [-0.1, -0.05) is 12.1 Å². The lowest BCUT2D eigenvalue weighted by atomic mass is 10.2. The number of hydrogen-bond donors (Lipinski definition) is 0. The predicted molar refractivity (Wildman–Crippen MR) is 69.2 cm³/mol. The average Bonchev–Trinajstić information content (AvgIpc) is 2.78. The van der Waals surface area contributed by atoms with Gasteiger partial charge in [-0.2, -0.15) is 8.78 Å². The van der Waals surface area contributed by atoms with Gasteiger partial charge in [0.2, 0.25) is 0 Å². The van der Waals surface area contributed by atoms with E-state index in [9.17, 15) is 13.6 Å². The largest absolute Gasteiger partial charge is 0.489 e. The van der Waals surface area contributed by atoms with E-state index in [0.717, 1.165) is 12.4 Å². The summed E-state index contributed by atoms with van der Waals surface area (Å²) in [5.41, 5.74) is 1.71. The first-order chi connectivity index (χ1) is 9.67. The number of hydrogen-bond acceptors (Lipinski definition) is 3. The highest BCUT2D eigenvalue weighted by atomic mass is 19.3. The molecule has 0 aliphatic carbocycles. The first-order valence-electron chi connectivity index (χ1n) is 5.89. The van der Waals surface area contributed by atoms with Crippen molar-refractivity contribution in [2.45, 2.75) is 13.2 Å². The molecule has 2 aromatic carbocycles. The van der Waals surface area contributed by atoms with Crippen molar-refractivity contribution >= 4 is 6.29 Å². The Bertz CT molecular complexity index is 548. The second-order valence-electron chi connectivity index (χ2n) is 4.00. The third-order valence-corrected chi connectivity index (χ3v) is 2.55. The Kier molecular flexibility index (Phi) is 4.65. The van der Waals surface area contributed by atoms with E-state index in [2.05, 4.69) is 16.9 Å². The molecule has 0 aromatic heterocycles. The molecule has 0 saturated heterocycles. The highest BCUT2D eigenvalue weighted by Crippen LogP contribution is 2.20. The van der Waals surface area contributed by atoms with Crippen molar-refractivity contribution in [3.8, 4) is 11.5 Å². The minimum absolute atomic E-state index is 0.0515. The molecule has 1 aliphatic rings. The van der Waals surface area contributed by atoms with Gasteiger partial charge < -0.3 is 9.47 Å². The molecule has 0 radical (unpaired) electrons. The van der Waals surface area contributed by atoms with E-state index in [1.165, 1.54) is 29.8 Å². The van der Waals surface area contributed by atoms with Crippen LogP contribution in [0.5, 0.6) is 11.5 Å². The number of rotatable bonds is 3. The maximum absolute atomic E-state index is 11.6. The van der Waals surface area contributed by atoms with Gasteiger partial charge in [0.05, 0.1) is 0 Å². The molecule has 0 unspecified atom stereocenters. The maximum atomic E-state index is 11.6. The number of carbonyl (C=O) groups is 1. The molecule has 1 heterocycles. The summed E-state index contributed by atoms with van der Waals surface area (Å²) in [6.45, 7) is -2.06. The second-order valence-corrected chi connectivity index (χ2v) is 4.00. The van der Waals surface area contributed by atoms with Crippen LogP contribution in [0.2, 0.25) is 0 Å². The molecule has 0 amide bonds. The lowest BCUT2D eigenvalue weighted by Gasteiger charge is -2.02. The molecule has 0 saturated carbocycles. The Morgan fingerprint density at radius 3 is 2.45 bits per heavy atom. The Labute approximate surface area is 114 Å². The van der Waals surface area contributed by atoms with Crippen molar-refractivity contribution in [3.63, 3.8) is 0 Å². The van der Waals surface area contributed by atoms with E-state index in [-0.39, 0.29) is 5.75 Å². The predicted octanol–water partition coefficient (Wildman–Crippen LogP) is 3.68. The smallest absolute Gasteiger partial charge is 0.387 e. The highest BCUT2D eigenvalue weighted by Gasteiger charge is 2.03. The van der Waals surface area contributed by atoms with E-state index in [4.69, 9.17) is 4.74 Å². The van der Waals surface area contributed by atoms with Crippen LogP contribution in [0.3, 0.4) is 0 Å². The fourth-order valence-electron chi connectivity index (χ4n) is 1.62. The second kappa shape index (κ2) is 6.65. The van der Waals surface area contributed by atoms with E-state index in [1.807, 2.05) is 12.1 Å². The minimum atomic E-state index is -2.83. The Balaban J connectivity index is 0.000000157. The molecule has 3 rings (SSSR count). The lowest BCUT2D eigenvalue weighted by Crippen LogP contribution is -2.01. The monoisotopic (exact) mass is 278 g/mol. The SMILES string of the molecule is O=Cc1ccc(OC(F)F)cc1.c1cc2cc(c1)OC2. The summed E-state index contributed by atoms with van der Waals surface area (Å²) in [6, 6.07) is 13.5. The maximum Gasteiger partial charge on any atom is 0.387 e. The summed E-state index contributed by atoms with van der Waals surface area (Å²) in [5, 5.41) is 0. The van der Waals surface area contributed by atoms with Gasteiger partial charge in [-0.15, -0.1) is 0 Å². The Hall–Kier alpha value is -2.43. The number of fused-ring (bicyclic) bond motifs is 2. The summed E-state index contributed by atoms with van der Waals surface area (Å²) in [4.78, 5) is 10.2. The summed E-state index contributed by atoms with van der Waals surface area (Å²) < 4.78 is 32.5. The fourth-order valence-corrected chi connectivity index (χ4v) is 1.62. The van der Waals surface area contributed by atoms with Crippen LogP contribution < -0.4 is 9.47 Å². The number of ether oxygens (including phenoxy) is 2. The molecule has 1 aliphatic heterocycles. The van der Waals surface area contributed by atoms with Gasteiger partial charge in [-0.05, 0) is 42.0 Å². The number of halogens is 2. The molecule has 0 atom stereocenters. The topological polar surface area (TPSA) is 35.5 Å². The van der Waals surface area contributed by atoms with Gasteiger partial charge in [0.25, 0.3) is 0 Å². The number of carbonyl (C=O) groups excluding carboxylic acids is 1. The number of aldehydes is 1. The molecule has 2 aromatic rings. The number of alkyl halides is 2. The van der Waals surface area contributed by atoms with Gasteiger partial charge >= 0.3 is 6.61 Å². The third-order valence-electron chi connectivity index (χ3n) is 2.55. The van der Waals surface area contributed by atoms with Crippen LogP contribution >= 0.6 is 0 Å². The molecule has 0 fully saturated rings. The molecule has 20 heavy (non-hydrogen) atoms. The molecular formula is C15H12F2O3. The van der Waals surface area contributed by atoms with Gasteiger partial charge in [0, 0.05) is 5.56 Å². The zero-order valence-corrected chi connectivity index (χ0v) is 10.5. The standard InChI is InChI=1S/C8H6F2O2.C7H6O/c9-8(10)12-7-3-1-6(5-11)2-4-7;1-2-6-4-7(3-1)8-5-6/h1-5,8H;1-4H,5H2. The van der Waals surface area contributed by atoms with Crippen LogP contribution in [0.4, 0.5) is 8.78 Å². The minimum Gasteiger partial charge on any atom is -0.489 e. The molecule has 0 N–H and O–H groups in total. The van der Waals surface area contributed by atoms with Gasteiger partial charge in [-0.25, -0.2) is 0 Å². The fraction of sp³-hybridized carbons (Fsp3) is 0.133. The van der Waals surface area contributed by atoms with Gasteiger partial charge in [-0.3, -0.25) is 4.79 Å². The van der Waals surface area contributed by atoms with Crippen LogP contribution in [0.15, 0.2) is 48.5 Å². The molecule has 104 valence electrons. The first-order valence-corrected chi connectivity index (χ1v) is 5.89. The van der Waals surface area contributed by atoms with Crippen LogP contribution in [0.1, 0.15) is 15.9 Å². The Morgan fingerprint density at radius 1 is 1.15 bits per heavy atom. The van der Waals surface area contributed by atoms with Crippen LogP contribution in [-0.2, 0) is 6.61 Å². The Morgan fingerprint density at radius 2 is 1.90 bits per heavy atom. The first kappa shape index (κ1) is 14.0. The van der Waals surface area contributed by atoms with Crippen molar-refractivity contribution in [3.05, 3.63) is 59.7 Å². The third kappa shape index (κ3) is 4.05. The summed E-state index contributed by atoms with van der Waals surface area (Å²) in [5.74, 6) is 1.05. The highest BCUT2D eigenvalue weighted by molar-refractivity contribution is 5.74. The average molecular weight is 278 g/mol. The van der Waals surface area contributed by atoms with Crippen molar-refractivity contribution < 1.29 is 23.0 Å². The van der Waals surface area contributed by atoms with Crippen LogP contribution in [-0.4, -0.2) is 12.9 Å². The lowest BCUT2D eigenvalue weighted by molar-refractivity contribution is -0.0498. The van der Waals surface area contributed by atoms with Crippen LogP contribution in [0.25, 0.3) is 0 Å². The van der Waals surface area contributed by atoms with Gasteiger partial charge in [0.15, 0.2) is 0 Å². The zero-order chi connectivity index (χ0) is 14.4. The van der Waals surface area contributed by atoms with Gasteiger partial charge in [0.1, 0.15) is 24.4 Å².